The van der Waals surface area contributed by atoms with E-state index in [-0.39, 0.29) is 5.91 Å². The molecule has 0 bridgehead atoms. The van der Waals surface area contributed by atoms with Gasteiger partial charge in [0, 0.05) is 22.4 Å². The van der Waals surface area contributed by atoms with E-state index in [1.54, 1.807) is 45.7 Å². The Morgan fingerprint density at radius 3 is 3.05 bits per heavy atom. The zero-order chi connectivity index (χ0) is 15.4. The Bertz CT molecular complexity index is 786. The molecule has 5 nitrogen and oxygen atoms in total. The van der Waals surface area contributed by atoms with E-state index in [4.69, 9.17) is 0 Å². The standard InChI is InChI=1S/C15H14N4OS2/c1-11-17-12(10-22-11)4-5-15(20)18-14-6-7-16-19(14)9-13-3-2-8-21-13/h2-8,10H,9H2,1H3,(H,18,20). The highest BCUT2D eigenvalue weighted by atomic mass is 32.1. The number of rotatable bonds is 5. The van der Waals surface area contributed by atoms with Crippen LogP contribution < -0.4 is 5.32 Å². The number of nitrogens with zero attached hydrogens (tertiary/aromatic N) is 3. The van der Waals surface area contributed by atoms with Crippen molar-refractivity contribution in [2.75, 3.05) is 5.32 Å². The molecule has 3 rings (SSSR count). The van der Waals surface area contributed by atoms with Crippen LogP contribution in [0.4, 0.5) is 5.82 Å². The van der Waals surface area contributed by atoms with E-state index in [0.717, 1.165) is 10.7 Å². The number of thiazole rings is 1. The summed E-state index contributed by atoms with van der Waals surface area (Å²) in [5.74, 6) is 0.482. The second kappa shape index (κ2) is 6.67. The summed E-state index contributed by atoms with van der Waals surface area (Å²) >= 11 is 3.22. The highest BCUT2D eigenvalue weighted by Crippen LogP contribution is 2.14. The second-order valence-corrected chi connectivity index (χ2v) is 6.66. The monoisotopic (exact) mass is 330 g/mol. The Morgan fingerprint density at radius 1 is 1.41 bits per heavy atom. The third-order valence-corrected chi connectivity index (χ3v) is 4.55. The zero-order valence-electron chi connectivity index (χ0n) is 11.9. The number of amides is 1. The van der Waals surface area contributed by atoms with Crippen LogP contribution in [0.2, 0.25) is 0 Å². The average molecular weight is 330 g/mol. The van der Waals surface area contributed by atoms with Crippen molar-refractivity contribution in [3.8, 4) is 0 Å². The van der Waals surface area contributed by atoms with E-state index in [0.29, 0.717) is 12.4 Å². The Balaban J connectivity index is 1.64. The van der Waals surface area contributed by atoms with E-state index in [1.807, 2.05) is 29.8 Å². The van der Waals surface area contributed by atoms with Crippen LogP contribution in [0, 0.1) is 6.92 Å². The first-order valence-electron chi connectivity index (χ1n) is 6.66. The second-order valence-electron chi connectivity index (χ2n) is 4.57. The van der Waals surface area contributed by atoms with Crippen LogP contribution in [-0.2, 0) is 11.3 Å². The van der Waals surface area contributed by atoms with Crippen LogP contribution in [0.25, 0.3) is 6.08 Å². The van der Waals surface area contributed by atoms with Crippen molar-refractivity contribution in [2.24, 2.45) is 0 Å². The molecular formula is C15H14N4OS2. The maximum Gasteiger partial charge on any atom is 0.249 e. The number of aromatic nitrogens is 3. The molecule has 3 aromatic heterocycles. The fourth-order valence-corrected chi connectivity index (χ4v) is 3.17. The summed E-state index contributed by atoms with van der Waals surface area (Å²) in [6.07, 6.45) is 4.87. The molecule has 0 saturated carbocycles. The fraction of sp³-hybridized carbons (Fsp3) is 0.133. The molecule has 0 radical (unpaired) electrons. The van der Waals surface area contributed by atoms with Gasteiger partial charge in [-0.1, -0.05) is 6.07 Å². The molecule has 0 unspecified atom stereocenters. The van der Waals surface area contributed by atoms with Crippen molar-refractivity contribution in [1.29, 1.82) is 0 Å². The minimum atomic E-state index is -0.196. The van der Waals surface area contributed by atoms with Crippen molar-refractivity contribution in [3.63, 3.8) is 0 Å². The molecule has 0 aliphatic carbocycles. The molecule has 3 heterocycles. The molecule has 22 heavy (non-hydrogen) atoms. The molecule has 0 aromatic carbocycles. The number of hydrogen-bond acceptors (Lipinski definition) is 5. The summed E-state index contributed by atoms with van der Waals surface area (Å²) in [4.78, 5) is 17.5. The first kappa shape index (κ1) is 14.7. The van der Waals surface area contributed by atoms with Crippen molar-refractivity contribution in [3.05, 3.63) is 56.8 Å². The summed E-state index contributed by atoms with van der Waals surface area (Å²) in [5, 5.41) is 12.0. The van der Waals surface area contributed by atoms with Gasteiger partial charge < -0.3 is 5.32 Å². The molecule has 0 fully saturated rings. The van der Waals surface area contributed by atoms with Gasteiger partial charge in [0.15, 0.2) is 0 Å². The van der Waals surface area contributed by atoms with E-state index in [1.165, 1.54) is 11.0 Å². The average Bonchev–Trinajstić information content (AvgIpc) is 3.22. The predicted molar refractivity (Wildman–Crippen MR) is 90.2 cm³/mol. The number of carbonyl (C=O) groups excluding carboxylic acids is 1. The Morgan fingerprint density at radius 2 is 2.32 bits per heavy atom. The lowest BCUT2D eigenvalue weighted by molar-refractivity contribution is -0.111. The topological polar surface area (TPSA) is 59.8 Å². The number of nitrogens with one attached hydrogen (secondary N) is 1. The van der Waals surface area contributed by atoms with Crippen molar-refractivity contribution in [1.82, 2.24) is 14.8 Å². The lowest BCUT2D eigenvalue weighted by Gasteiger charge is -2.06. The van der Waals surface area contributed by atoms with Gasteiger partial charge in [0.25, 0.3) is 0 Å². The van der Waals surface area contributed by atoms with Crippen molar-refractivity contribution >= 4 is 40.5 Å². The van der Waals surface area contributed by atoms with Gasteiger partial charge in [-0.15, -0.1) is 22.7 Å². The first-order chi connectivity index (χ1) is 10.7. The van der Waals surface area contributed by atoms with Gasteiger partial charge in [-0.05, 0) is 24.4 Å². The number of anilines is 1. The lowest BCUT2D eigenvalue weighted by atomic mass is 10.4. The summed E-state index contributed by atoms with van der Waals surface area (Å²) < 4.78 is 1.77. The number of aryl methyl sites for hydroxylation is 1. The minimum absolute atomic E-state index is 0.196. The smallest absolute Gasteiger partial charge is 0.249 e. The molecule has 1 amide bonds. The zero-order valence-corrected chi connectivity index (χ0v) is 13.5. The molecule has 0 saturated heterocycles. The largest absolute Gasteiger partial charge is 0.307 e. The highest BCUT2D eigenvalue weighted by molar-refractivity contribution is 7.10. The van der Waals surface area contributed by atoms with Gasteiger partial charge in [0.05, 0.1) is 23.4 Å². The van der Waals surface area contributed by atoms with Gasteiger partial charge >= 0.3 is 0 Å². The van der Waals surface area contributed by atoms with Crippen LogP contribution in [0.1, 0.15) is 15.6 Å². The summed E-state index contributed by atoms with van der Waals surface area (Å²) in [6, 6.07) is 5.83. The van der Waals surface area contributed by atoms with Crippen molar-refractivity contribution < 1.29 is 4.79 Å². The number of thiophene rings is 1. The van der Waals surface area contributed by atoms with Crippen LogP contribution in [0.5, 0.6) is 0 Å². The predicted octanol–water partition coefficient (Wildman–Crippen LogP) is 3.41. The van der Waals surface area contributed by atoms with E-state index < -0.39 is 0 Å². The summed E-state index contributed by atoms with van der Waals surface area (Å²) in [6.45, 7) is 2.58. The molecule has 0 spiro atoms. The van der Waals surface area contributed by atoms with Crippen LogP contribution in [0.3, 0.4) is 0 Å². The Kier molecular flexibility index (Phi) is 4.45. The van der Waals surface area contributed by atoms with Crippen molar-refractivity contribution in [2.45, 2.75) is 13.5 Å². The Labute approximate surface area is 135 Å². The maximum absolute atomic E-state index is 12.0. The van der Waals surface area contributed by atoms with E-state index in [9.17, 15) is 4.79 Å². The third kappa shape index (κ3) is 3.69. The van der Waals surface area contributed by atoms with Gasteiger partial charge in [-0.25, -0.2) is 9.67 Å². The van der Waals surface area contributed by atoms with Crippen LogP contribution in [-0.4, -0.2) is 20.7 Å². The molecule has 7 heteroatoms. The minimum Gasteiger partial charge on any atom is -0.307 e. The first-order valence-corrected chi connectivity index (χ1v) is 8.42. The van der Waals surface area contributed by atoms with Gasteiger partial charge in [0.2, 0.25) is 5.91 Å². The lowest BCUT2D eigenvalue weighted by Crippen LogP contribution is -2.13. The molecule has 112 valence electrons. The van der Waals surface area contributed by atoms with Gasteiger partial charge in [-0.3, -0.25) is 4.79 Å². The third-order valence-electron chi connectivity index (χ3n) is 2.90. The highest BCUT2D eigenvalue weighted by Gasteiger charge is 2.06. The Hall–Kier alpha value is -2.25. The fourth-order valence-electron chi connectivity index (χ4n) is 1.90. The SMILES string of the molecule is Cc1nc(C=CC(=O)Nc2ccnn2Cc2cccs2)cs1. The summed E-state index contributed by atoms with van der Waals surface area (Å²) in [7, 11) is 0. The molecule has 3 aromatic rings. The summed E-state index contributed by atoms with van der Waals surface area (Å²) in [5.41, 5.74) is 0.796. The molecular weight excluding hydrogens is 316 g/mol. The molecule has 0 aliphatic rings. The van der Waals surface area contributed by atoms with Gasteiger partial charge in [-0.2, -0.15) is 5.10 Å². The van der Waals surface area contributed by atoms with E-state index >= 15 is 0 Å². The number of hydrogen-bond donors (Lipinski definition) is 1. The van der Waals surface area contributed by atoms with Crippen LogP contribution in [0.15, 0.2) is 41.2 Å². The van der Waals surface area contributed by atoms with Crippen LogP contribution >= 0.6 is 22.7 Å². The molecule has 0 atom stereocenters. The number of carbonyl (C=O) groups is 1. The molecule has 1 N–H and O–H groups in total. The van der Waals surface area contributed by atoms with Gasteiger partial charge in [0.1, 0.15) is 5.82 Å². The normalized spacial score (nSPS) is 11.1. The van der Waals surface area contributed by atoms with E-state index in [2.05, 4.69) is 15.4 Å². The quantitative estimate of drug-likeness (QED) is 0.729. The molecule has 0 aliphatic heterocycles. The maximum atomic E-state index is 12.0.